The van der Waals surface area contributed by atoms with E-state index in [0.717, 1.165) is 30.3 Å². The molecule has 0 aliphatic carbocycles. The van der Waals surface area contributed by atoms with E-state index in [1.165, 1.54) is 31.5 Å². The van der Waals surface area contributed by atoms with Crippen LogP contribution in [0.2, 0.25) is 0 Å². The maximum absolute atomic E-state index is 6.17. The van der Waals surface area contributed by atoms with Gasteiger partial charge in [0.1, 0.15) is 11.6 Å². The Morgan fingerprint density at radius 2 is 1.93 bits per heavy atom. The van der Waals surface area contributed by atoms with E-state index in [4.69, 9.17) is 10.5 Å². The lowest BCUT2D eigenvalue weighted by atomic mass is 9.75. The molecule has 2 aromatic rings. The molecule has 4 aliphatic rings. The predicted molar refractivity (Wildman–Crippen MR) is 107 cm³/mol. The van der Waals surface area contributed by atoms with E-state index in [9.17, 15) is 0 Å². The minimum Gasteiger partial charge on any atom is -0.496 e. The zero-order chi connectivity index (χ0) is 18.4. The molecule has 2 N–H and O–H groups in total. The number of nitrogens with zero attached hydrogens (tertiary/aromatic N) is 3. The Labute approximate surface area is 161 Å². The molecular weight excluding hydrogens is 336 g/mol. The summed E-state index contributed by atoms with van der Waals surface area (Å²) >= 11 is 0. The first-order chi connectivity index (χ1) is 13.3. The largest absolute Gasteiger partial charge is 0.496 e. The lowest BCUT2D eigenvalue weighted by Gasteiger charge is -2.51. The third kappa shape index (κ3) is 2.80. The van der Waals surface area contributed by atoms with E-state index in [2.05, 4.69) is 45.1 Å². The number of anilines is 1. The van der Waals surface area contributed by atoms with Crippen LogP contribution < -0.4 is 10.5 Å². The van der Waals surface area contributed by atoms with Gasteiger partial charge in [-0.2, -0.15) is 0 Å². The van der Waals surface area contributed by atoms with Crippen LogP contribution in [0.1, 0.15) is 29.9 Å². The second kappa shape index (κ2) is 6.80. The number of hydrogen-bond donors (Lipinski definition) is 1. The third-order valence-electron chi connectivity index (χ3n) is 6.93. The Kier molecular flexibility index (Phi) is 4.29. The molecule has 1 aromatic heterocycles. The quantitative estimate of drug-likeness (QED) is 0.904. The molecule has 2 bridgehead atoms. The van der Waals surface area contributed by atoms with Gasteiger partial charge in [-0.15, -0.1) is 0 Å². The number of fused-ring (bicyclic) bond motifs is 2. The molecule has 5 heterocycles. The zero-order valence-electron chi connectivity index (χ0n) is 15.9. The van der Waals surface area contributed by atoms with Gasteiger partial charge in [0.05, 0.1) is 7.11 Å². The van der Waals surface area contributed by atoms with Crippen molar-refractivity contribution in [3.8, 4) is 5.75 Å². The number of benzene rings is 1. The first-order valence-corrected chi connectivity index (χ1v) is 10.1. The van der Waals surface area contributed by atoms with Gasteiger partial charge in [-0.1, -0.05) is 24.3 Å². The number of nitrogen functional groups attached to an aromatic ring is 1. The molecule has 5 nitrogen and oxygen atoms in total. The molecule has 0 spiro atoms. The van der Waals surface area contributed by atoms with Crippen LogP contribution in [0.5, 0.6) is 5.75 Å². The first kappa shape index (κ1) is 17.0. The van der Waals surface area contributed by atoms with Crippen molar-refractivity contribution in [1.29, 1.82) is 0 Å². The van der Waals surface area contributed by atoms with Crippen molar-refractivity contribution in [3.05, 3.63) is 53.7 Å². The van der Waals surface area contributed by atoms with Gasteiger partial charge in [-0.05, 0) is 44.0 Å². The Bertz CT molecular complexity index is 817. The summed E-state index contributed by atoms with van der Waals surface area (Å²) in [5.74, 6) is 2.95. The summed E-state index contributed by atoms with van der Waals surface area (Å²) in [6.07, 6.45) is 4.41. The van der Waals surface area contributed by atoms with Gasteiger partial charge in [-0.25, -0.2) is 4.98 Å². The van der Waals surface area contributed by atoms with Crippen LogP contribution >= 0.6 is 0 Å². The molecule has 5 heteroatoms. The standard InChI is InChI=1S/C22H28N4O/c1-27-19-7-3-2-6-17(19)18-14-26(13-16-5-4-10-24-22(16)23)20-15-8-11-25(12-9-15)21(18)20/h2-7,10,15,18,20-21H,8-9,11-14H2,1H3,(H2,23,24)/t18-,20-,21-/m1/s1. The van der Waals surface area contributed by atoms with E-state index in [1.807, 2.05) is 6.07 Å². The van der Waals surface area contributed by atoms with Crippen LogP contribution in [0.4, 0.5) is 5.82 Å². The van der Waals surface area contributed by atoms with E-state index in [1.54, 1.807) is 13.3 Å². The molecule has 142 valence electrons. The number of aromatic nitrogens is 1. The number of para-hydroxylation sites is 1. The lowest BCUT2D eigenvalue weighted by molar-refractivity contribution is -0.00876. The summed E-state index contributed by atoms with van der Waals surface area (Å²) in [5, 5.41) is 0. The number of likely N-dealkylation sites (tertiary alicyclic amines) is 1. The Morgan fingerprint density at radius 3 is 2.70 bits per heavy atom. The molecular formula is C22H28N4O. The molecule has 4 fully saturated rings. The number of piperidine rings is 3. The predicted octanol–water partition coefficient (Wildman–Crippen LogP) is 2.73. The van der Waals surface area contributed by atoms with Crippen molar-refractivity contribution in [1.82, 2.24) is 14.8 Å². The van der Waals surface area contributed by atoms with Crippen molar-refractivity contribution in [2.75, 3.05) is 32.5 Å². The van der Waals surface area contributed by atoms with E-state index in [-0.39, 0.29) is 0 Å². The highest BCUT2D eigenvalue weighted by Gasteiger charge is 2.53. The average molecular weight is 364 g/mol. The molecule has 4 saturated heterocycles. The van der Waals surface area contributed by atoms with Crippen LogP contribution in [0.3, 0.4) is 0 Å². The molecule has 4 aliphatic heterocycles. The summed E-state index contributed by atoms with van der Waals surface area (Å²) in [6, 6.07) is 13.9. The van der Waals surface area contributed by atoms with Crippen molar-refractivity contribution in [3.63, 3.8) is 0 Å². The maximum atomic E-state index is 6.17. The highest BCUT2D eigenvalue weighted by atomic mass is 16.5. The van der Waals surface area contributed by atoms with Crippen molar-refractivity contribution < 1.29 is 4.74 Å². The molecule has 6 rings (SSSR count). The fraction of sp³-hybridized carbons (Fsp3) is 0.500. The highest BCUT2D eigenvalue weighted by Crippen LogP contribution is 2.48. The van der Waals surface area contributed by atoms with Crippen LogP contribution in [-0.2, 0) is 6.54 Å². The summed E-state index contributed by atoms with van der Waals surface area (Å²) in [4.78, 5) is 9.70. The molecule has 1 aromatic carbocycles. The molecule has 0 radical (unpaired) electrons. The lowest BCUT2D eigenvalue weighted by Crippen LogP contribution is -2.60. The van der Waals surface area contributed by atoms with E-state index in [0.29, 0.717) is 23.8 Å². The highest BCUT2D eigenvalue weighted by molar-refractivity contribution is 5.41. The summed E-state index contributed by atoms with van der Waals surface area (Å²) < 4.78 is 5.72. The van der Waals surface area contributed by atoms with Crippen LogP contribution in [0.25, 0.3) is 0 Å². The number of rotatable bonds is 4. The van der Waals surface area contributed by atoms with Crippen molar-refractivity contribution in [2.45, 2.75) is 37.4 Å². The number of pyridine rings is 1. The SMILES string of the molecule is COc1ccccc1[C@H]1CN(Cc2cccnc2N)[C@@H]2C3CCN(CC3)[C@H]12. The van der Waals surface area contributed by atoms with Gasteiger partial charge in [0.2, 0.25) is 0 Å². The van der Waals surface area contributed by atoms with Gasteiger partial charge in [0.25, 0.3) is 0 Å². The minimum atomic E-state index is 0.479. The number of nitrogens with two attached hydrogens (primary N) is 1. The Hall–Kier alpha value is -2.11. The van der Waals surface area contributed by atoms with Crippen LogP contribution in [-0.4, -0.2) is 53.6 Å². The van der Waals surface area contributed by atoms with Crippen molar-refractivity contribution in [2.24, 2.45) is 5.92 Å². The molecule has 0 saturated carbocycles. The van der Waals surface area contributed by atoms with Gasteiger partial charge in [-0.3, -0.25) is 9.80 Å². The number of hydrogen-bond acceptors (Lipinski definition) is 5. The van der Waals surface area contributed by atoms with Gasteiger partial charge < -0.3 is 10.5 Å². The van der Waals surface area contributed by atoms with E-state index < -0.39 is 0 Å². The van der Waals surface area contributed by atoms with Crippen molar-refractivity contribution >= 4 is 5.82 Å². The average Bonchev–Trinajstić information content (AvgIpc) is 3.12. The monoisotopic (exact) mass is 364 g/mol. The Balaban J connectivity index is 1.51. The number of ether oxygens (including phenoxy) is 1. The minimum absolute atomic E-state index is 0.479. The second-order valence-electron chi connectivity index (χ2n) is 8.18. The van der Waals surface area contributed by atoms with Gasteiger partial charge in [0.15, 0.2) is 0 Å². The number of methoxy groups -OCH3 is 1. The maximum Gasteiger partial charge on any atom is 0.127 e. The topological polar surface area (TPSA) is 54.6 Å². The van der Waals surface area contributed by atoms with Crippen LogP contribution in [0, 0.1) is 5.92 Å². The van der Waals surface area contributed by atoms with Gasteiger partial charge in [0, 0.05) is 48.4 Å². The summed E-state index contributed by atoms with van der Waals surface area (Å²) in [5.41, 5.74) is 8.66. The Morgan fingerprint density at radius 1 is 1.11 bits per heavy atom. The fourth-order valence-corrected chi connectivity index (χ4v) is 5.77. The third-order valence-corrected chi connectivity index (χ3v) is 6.93. The summed E-state index contributed by atoms with van der Waals surface area (Å²) in [7, 11) is 1.78. The fourth-order valence-electron chi connectivity index (χ4n) is 5.77. The molecule has 27 heavy (non-hydrogen) atoms. The molecule has 3 atom stereocenters. The zero-order valence-corrected chi connectivity index (χ0v) is 15.9. The van der Waals surface area contributed by atoms with Crippen LogP contribution in [0.15, 0.2) is 42.6 Å². The smallest absolute Gasteiger partial charge is 0.127 e. The second-order valence-corrected chi connectivity index (χ2v) is 8.18. The first-order valence-electron chi connectivity index (χ1n) is 10.1. The van der Waals surface area contributed by atoms with E-state index >= 15 is 0 Å². The normalized spacial score (nSPS) is 32.4. The summed E-state index contributed by atoms with van der Waals surface area (Å²) in [6.45, 7) is 4.41. The van der Waals surface area contributed by atoms with Gasteiger partial charge >= 0.3 is 0 Å². The molecule has 0 unspecified atom stereocenters. The molecule has 0 amide bonds.